The fourth-order valence-electron chi connectivity index (χ4n) is 11.2. The van der Waals surface area contributed by atoms with Crippen molar-refractivity contribution in [1.82, 2.24) is 5.32 Å². The molecule has 0 aliphatic heterocycles. The van der Waals surface area contributed by atoms with Crippen molar-refractivity contribution in [1.29, 1.82) is 0 Å². The van der Waals surface area contributed by atoms with Crippen LogP contribution in [0.1, 0.15) is 97.8 Å². The summed E-state index contributed by atoms with van der Waals surface area (Å²) < 4.78 is 0. The van der Waals surface area contributed by atoms with Crippen LogP contribution in [0.5, 0.6) is 0 Å². The fourth-order valence-corrected chi connectivity index (χ4v) is 11.2. The number of allylic oxidation sites excluding steroid dienone is 2. The second kappa shape index (κ2) is 9.40. The molecule has 4 nitrogen and oxygen atoms in total. The predicted molar refractivity (Wildman–Crippen MR) is 143 cm³/mol. The second-order valence-corrected chi connectivity index (χ2v) is 14.8. The maximum atomic E-state index is 12.7. The topological polar surface area (TPSA) is 69.6 Å². The van der Waals surface area contributed by atoms with E-state index in [9.17, 15) is 15.0 Å². The minimum Gasteiger partial charge on any atom is -0.393 e. The molecule has 5 saturated carbocycles. The summed E-state index contributed by atoms with van der Waals surface area (Å²) >= 11 is 0. The zero-order chi connectivity index (χ0) is 25.2. The zero-order valence-corrected chi connectivity index (χ0v) is 23.0. The molecule has 6 aliphatic rings. The second-order valence-electron chi connectivity index (χ2n) is 14.8. The molecule has 5 fully saturated rings. The van der Waals surface area contributed by atoms with Crippen LogP contribution in [-0.4, -0.2) is 34.9 Å². The van der Waals surface area contributed by atoms with Gasteiger partial charge >= 0.3 is 0 Å². The van der Waals surface area contributed by atoms with Crippen molar-refractivity contribution in [2.24, 2.45) is 64.1 Å². The zero-order valence-electron chi connectivity index (χ0n) is 23.0. The Labute approximate surface area is 219 Å². The number of aliphatic hydroxyl groups excluding tert-OH is 2. The summed E-state index contributed by atoms with van der Waals surface area (Å²) in [6, 6.07) is 0. The average Bonchev–Trinajstić information content (AvgIpc) is 3.56. The number of amides is 1. The van der Waals surface area contributed by atoms with Gasteiger partial charge in [0.25, 0.3) is 0 Å². The van der Waals surface area contributed by atoms with E-state index in [1.807, 2.05) is 0 Å². The van der Waals surface area contributed by atoms with Crippen molar-refractivity contribution in [3.8, 4) is 0 Å². The third kappa shape index (κ3) is 4.12. The van der Waals surface area contributed by atoms with Crippen LogP contribution in [-0.2, 0) is 4.79 Å². The van der Waals surface area contributed by atoms with Crippen LogP contribution in [0.2, 0.25) is 0 Å². The van der Waals surface area contributed by atoms with Crippen LogP contribution in [0.3, 0.4) is 0 Å². The van der Waals surface area contributed by atoms with Gasteiger partial charge in [-0.3, -0.25) is 4.79 Å². The van der Waals surface area contributed by atoms with Crippen molar-refractivity contribution >= 4 is 5.91 Å². The molecule has 0 saturated heterocycles. The lowest BCUT2D eigenvalue weighted by molar-refractivity contribution is -0.174. The molecule has 2 bridgehead atoms. The van der Waals surface area contributed by atoms with Gasteiger partial charge in [0.15, 0.2) is 0 Å². The molecule has 1 amide bonds. The van der Waals surface area contributed by atoms with E-state index in [-0.39, 0.29) is 18.1 Å². The Morgan fingerprint density at radius 2 is 1.75 bits per heavy atom. The predicted octanol–water partition coefficient (Wildman–Crippen LogP) is 5.72. The van der Waals surface area contributed by atoms with Crippen LogP contribution in [0.4, 0.5) is 0 Å². The number of hydrogen-bond acceptors (Lipinski definition) is 3. The molecule has 0 unspecified atom stereocenters. The molecular weight excluding hydrogens is 446 g/mol. The van der Waals surface area contributed by atoms with Crippen LogP contribution >= 0.6 is 0 Å². The van der Waals surface area contributed by atoms with E-state index in [2.05, 4.69) is 38.2 Å². The molecular formula is C32H51NO3. The van der Waals surface area contributed by atoms with Gasteiger partial charge in [-0.1, -0.05) is 32.9 Å². The molecule has 0 spiro atoms. The summed E-state index contributed by atoms with van der Waals surface area (Å²) in [7, 11) is 0. The van der Waals surface area contributed by atoms with Crippen LogP contribution in [0.25, 0.3) is 0 Å². The molecule has 0 heterocycles. The van der Waals surface area contributed by atoms with E-state index in [1.165, 1.54) is 38.5 Å². The molecule has 0 aromatic rings. The van der Waals surface area contributed by atoms with Crippen molar-refractivity contribution in [3.05, 3.63) is 12.2 Å². The Hall–Kier alpha value is -0.870. The molecule has 4 heteroatoms. The summed E-state index contributed by atoms with van der Waals surface area (Å²) in [5, 5.41) is 25.1. The highest BCUT2D eigenvalue weighted by molar-refractivity contribution is 5.75. The largest absolute Gasteiger partial charge is 0.393 e. The number of carbonyl (C=O) groups excluding carboxylic acids is 1. The van der Waals surface area contributed by atoms with E-state index in [0.717, 1.165) is 44.6 Å². The molecule has 202 valence electrons. The van der Waals surface area contributed by atoms with E-state index in [0.29, 0.717) is 64.6 Å². The monoisotopic (exact) mass is 497 g/mol. The van der Waals surface area contributed by atoms with E-state index < -0.39 is 0 Å². The van der Waals surface area contributed by atoms with Gasteiger partial charge in [-0.15, -0.1) is 0 Å². The SMILES string of the molecule is C[C@H](CCC(=O)NC[C@@H]1C[C@@H]2C=C[C@H]1C2)[C@H]1CC[C@H]2[C@@H]3[C@@H](O)C[C@@H]4C[C@H](O)CC[C@]4(C)[C@H]3CC[C@]12C. The Kier molecular flexibility index (Phi) is 6.63. The Morgan fingerprint density at radius 3 is 2.50 bits per heavy atom. The standard InChI is InChI=1S/C32H51NO3/c1-19(4-9-29(36)33-18-22-15-20-5-6-21(22)14-20)25-7-8-26-30-27(11-13-32(25,26)3)31(2)12-10-24(34)16-23(31)17-28(30)35/h5-6,19-28,30,34-35H,4,7-18H2,1-3H3,(H,33,36)/t19-,20-,21+,22+,23+,24-,25-,26+,27+,28+,30+,31+,32-/m1/s1. The van der Waals surface area contributed by atoms with Gasteiger partial charge < -0.3 is 15.5 Å². The van der Waals surface area contributed by atoms with Gasteiger partial charge in [0.05, 0.1) is 12.2 Å². The van der Waals surface area contributed by atoms with E-state index >= 15 is 0 Å². The molecule has 0 aromatic heterocycles. The highest BCUT2D eigenvalue weighted by Crippen LogP contribution is 2.68. The smallest absolute Gasteiger partial charge is 0.220 e. The number of fused-ring (bicyclic) bond motifs is 7. The number of aliphatic hydroxyl groups is 2. The third-order valence-electron chi connectivity index (χ3n) is 13.2. The number of carbonyl (C=O) groups is 1. The Morgan fingerprint density at radius 1 is 0.972 bits per heavy atom. The molecule has 6 aliphatic carbocycles. The minimum atomic E-state index is -0.205. The van der Waals surface area contributed by atoms with Gasteiger partial charge in [0.1, 0.15) is 0 Å². The quantitative estimate of drug-likeness (QED) is 0.411. The molecule has 36 heavy (non-hydrogen) atoms. The maximum Gasteiger partial charge on any atom is 0.220 e. The van der Waals surface area contributed by atoms with Crippen molar-refractivity contribution in [2.75, 3.05) is 6.54 Å². The Bertz CT molecular complexity index is 871. The lowest BCUT2D eigenvalue weighted by atomic mass is 9.43. The van der Waals surface area contributed by atoms with E-state index in [1.54, 1.807) is 0 Å². The van der Waals surface area contributed by atoms with Crippen LogP contribution < -0.4 is 5.32 Å². The average molecular weight is 498 g/mol. The summed E-state index contributed by atoms with van der Waals surface area (Å²) in [4.78, 5) is 12.7. The van der Waals surface area contributed by atoms with Crippen molar-refractivity contribution in [2.45, 2.75) is 110 Å². The molecule has 3 N–H and O–H groups in total. The van der Waals surface area contributed by atoms with Gasteiger partial charge in [-0.2, -0.15) is 0 Å². The number of hydrogen-bond donors (Lipinski definition) is 3. The first-order valence-electron chi connectivity index (χ1n) is 15.5. The van der Waals surface area contributed by atoms with Gasteiger partial charge in [-0.05, 0) is 135 Å². The summed E-state index contributed by atoms with van der Waals surface area (Å²) in [5.74, 6) is 5.72. The van der Waals surface area contributed by atoms with Crippen molar-refractivity contribution < 1.29 is 15.0 Å². The first-order chi connectivity index (χ1) is 17.2. The molecule has 6 rings (SSSR count). The van der Waals surface area contributed by atoms with E-state index in [4.69, 9.17) is 0 Å². The molecule has 13 atom stereocenters. The minimum absolute atomic E-state index is 0.167. The first-order valence-corrected chi connectivity index (χ1v) is 15.5. The normalized spacial score (nSPS) is 51.9. The fraction of sp³-hybridized carbons (Fsp3) is 0.906. The summed E-state index contributed by atoms with van der Waals surface area (Å²) in [6.45, 7) is 8.29. The van der Waals surface area contributed by atoms with Gasteiger partial charge in [0, 0.05) is 13.0 Å². The molecule has 0 radical (unpaired) electrons. The lowest BCUT2D eigenvalue weighted by Crippen LogP contribution is -2.58. The molecule has 0 aromatic carbocycles. The highest BCUT2D eigenvalue weighted by Gasteiger charge is 2.62. The van der Waals surface area contributed by atoms with Gasteiger partial charge in [-0.25, -0.2) is 0 Å². The van der Waals surface area contributed by atoms with Gasteiger partial charge in [0.2, 0.25) is 5.91 Å². The lowest BCUT2D eigenvalue weighted by Gasteiger charge is -2.62. The van der Waals surface area contributed by atoms with Crippen molar-refractivity contribution in [3.63, 3.8) is 0 Å². The Balaban J connectivity index is 1.06. The third-order valence-corrected chi connectivity index (χ3v) is 13.2. The van der Waals surface area contributed by atoms with Crippen LogP contribution in [0.15, 0.2) is 12.2 Å². The van der Waals surface area contributed by atoms with Crippen LogP contribution in [0, 0.1) is 64.1 Å². The highest BCUT2D eigenvalue weighted by atomic mass is 16.3. The number of nitrogens with one attached hydrogen (secondary N) is 1. The first kappa shape index (κ1) is 25.4. The number of rotatable bonds is 6. The summed E-state index contributed by atoms with van der Waals surface area (Å²) in [6.07, 6.45) is 17.4. The maximum absolute atomic E-state index is 12.7. The summed E-state index contributed by atoms with van der Waals surface area (Å²) in [5.41, 5.74) is 0.589.